The van der Waals surface area contributed by atoms with Crippen LogP contribution < -0.4 is 0 Å². The van der Waals surface area contributed by atoms with Crippen molar-refractivity contribution in [1.29, 1.82) is 0 Å². The number of nitrogens with zero attached hydrogens (tertiary/aromatic N) is 3. The summed E-state index contributed by atoms with van der Waals surface area (Å²) in [6, 6.07) is 0. The summed E-state index contributed by atoms with van der Waals surface area (Å²) in [6.45, 7) is 2.67. The van der Waals surface area contributed by atoms with E-state index in [0.717, 1.165) is 6.42 Å². The Kier molecular flexibility index (Phi) is 3.87. The Bertz CT molecular complexity index is 302. The van der Waals surface area contributed by atoms with Crippen molar-refractivity contribution in [3.05, 3.63) is 11.6 Å². The molecule has 0 fully saturated rings. The summed E-state index contributed by atoms with van der Waals surface area (Å²) in [4.78, 5) is 0. The van der Waals surface area contributed by atoms with Gasteiger partial charge < -0.3 is 4.57 Å². The van der Waals surface area contributed by atoms with E-state index in [0.29, 0.717) is 11.8 Å². The fourth-order valence-corrected chi connectivity index (χ4v) is 1.49. The highest BCUT2D eigenvalue weighted by Crippen LogP contribution is 2.07. The summed E-state index contributed by atoms with van der Waals surface area (Å²) in [5.74, 6) is 0. The van der Waals surface area contributed by atoms with Crippen LogP contribution in [0.5, 0.6) is 0 Å². The van der Waals surface area contributed by atoms with Gasteiger partial charge in [0.15, 0.2) is 0 Å². The monoisotopic (exact) mass is 221 g/mol. The van der Waals surface area contributed by atoms with Gasteiger partial charge in [-0.1, -0.05) is 6.92 Å². The molecule has 0 aliphatic heterocycles. The average Bonchev–Trinajstić information content (AvgIpc) is 2.47. The maximum Gasteiger partial charge on any atom is 0.224 e. The molecule has 2 unspecified atom stereocenters. The topological polar surface area (TPSA) is 47.8 Å². The van der Waals surface area contributed by atoms with Gasteiger partial charge in [0, 0.05) is 28.9 Å². The van der Waals surface area contributed by atoms with E-state index in [1.54, 1.807) is 17.2 Å². The fraction of sp³-hybridized carbons (Fsp3) is 0.714. The number of aromatic nitrogens is 3. The first-order valence-corrected chi connectivity index (χ1v) is 5.96. The summed E-state index contributed by atoms with van der Waals surface area (Å²) in [7, 11) is -0.776. The van der Waals surface area contributed by atoms with Crippen LogP contribution >= 0.6 is 11.6 Å². The first kappa shape index (κ1) is 10.7. The molecule has 0 bridgehead atoms. The number of halogens is 1. The molecular weight excluding hydrogens is 210 g/mol. The van der Waals surface area contributed by atoms with Gasteiger partial charge in [-0.2, -0.15) is 0 Å². The van der Waals surface area contributed by atoms with E-state index in [-0.39, 0.29) is 5.25 Å². The van der Waals surface area contributed by atoms with Gasteiger partial charge in [0.25, 0.3) is 0 Å². The minimum absolute atomic E-state index is 0.179. The predicted molar refractivity (Wildman–Crippen MR) is 53.2 cm³/mol. The van der Waals surface area contributed by atoms with Crippen LogP contribution in [-0.2, 0) is 17.3 Å². The highest BCUT2D eigenvalue weighted by atomic mass is 35.5. The number of hydrogen-bond acceptors (Lipinski definition) is 3. The van der Waals surface area contributed by atoms with E-state index in [9.17, 15) is 4.21 Å². The molecule has 6 heteroatoms. The molecule has 0 N–H and O–H groups in total. The third-order valence-corrected chi connectivity index (χ3v) is 3.57. The molecule has 0 aromatic carbocycles. The van der Waals surface area contributed by atoms with Gasteiger partial charge in [0.1, 0.15) is 6.33 Å². The number of aryl methyl sites for hydroxylation is 1. The zero-order chi connectivity index (χ0) is 9.84. The molecule has 1 rings (SSSR count). The highest BCUT2D eigenvalue weighted by Gasteiger charge is 2.07. The molecule has 0 saturated carbocycles. The SMILES string of the molecule is CC(CCn1cnnc1Cl)S(C)=O. The Labute approximate surface area is 84.8 Å². The van der Waals surface area contributed by atoms with Crippen molar-refractivity contribution in [1.82, 2.24) is 14.8 Å². The standard InChI is InChI=1S/C7H12ClN3OS/c1-6(13(2)12)3-4-11-5-9-10-7(11)8/h5-6H,3-4H2,1-2H3. The first-order chi connectivity index (χ1) is 6.11. The molecule has 1 heterocycles. The second-order valence-corrected chi connectivity index (χ2v) is 5.03. The van der Waals surface area contributed by atoms with Gasteiger partial charge in [-0.3, -0.25) is 4.21 Å². The summed E-state index contributed by atoms with van der Waals surface area (Å²) >= 11 is 5.72. The normalized spacial score (nSPS) is 15.6. The largest absolute Gasteiger partial charge is 0.304 e. The van der Waals surface area contributed by atoms with Crippen molar-refractivity contribution in [2.75, 3.05) is 6.26 Å². The smallest absolute Gasteiger partial charge is 0.224 e. The van der Waals surface area contributed by atoms with E-state index in [2.05, 4.69) is 10.2 Å². The molecule has 1 aromatic rings. The van der Waals surface area contributed by atoms with Crippen molar-refractivity contribution in [2.24, 2.45) is 0 Å². The molecule has 2 atom stereocenters. The van der Waals surface area contributed by atoms with Gasteiger partial charge in [0.2, 0.25) is 5.28 Å². The van der Waals surface area contributed by atoms with E-state index >= 15 is 0 Å². The third-order valence-electron chi connectivity index (χ3n) is 1.91. The van der Waals surface area contributed by atoms with E-state index < -0.39 is 10.8 Å². The molecule has 0 amide bonds. The summed E-state index contributed by atoms with van der Waals surface area (Å²) in [5, 5.41) is 7.85. The van der Waals surface area contributed by atoms with Crippen LogP contribution in [0.1, 0.15) is 13.3 Å². The minimum Gasteiger partial charge on any atom is -0.304 e. The van der Waals surface area contributed by atoms with Crippen LogP contribution in [0.4, 0.5) is 0 Å². The van der Waals surface area contributed by atoms with E-state index in [1.165, 1.54) is 0 Å². The van der Waals surface area contributed by atoms with E-state index in [1.807, 2.05) is 6.92 Å². The lowest BCUT2D eigenvalue weighted by Gasteiger charge is -2.07. The van der Waals surface area contributed by atoms with Gasteiger partial charge >= 0.3 is 0 Å². The second-order valence-electron chi connectivity index (χ2n) is 2.89. The molecule has 0 aliphatic rings. The molecule has 0 radical (unpaired) electrons. The van der Waals surface area contributed by atoms with Crippen molar-refractivity contribution < 1.29 is 4.21 Å². The summed E-state index contributed by atoms with van der Waals surface area (Å²) in [6.07, 6.45) is 4.10. The molecule has 74 valence electrons. The average molecular weight is 222 g/mol. The zero-order valence-corrected chi connectivity index (χ0v) is 9.18. The number of hydrogen-bond donors (Lipinski definition) is 0. The van der Waals surface area contributed by atoms with Gasteiger partial charge in [0.05, 0.1) is 0 Å². The molecule has 0 spiro atoms. The van der Waals surface area contributed by atoms with Crippen LogP contribution in [0.25, 0.3) is 0 Å². The highest BCUT2D eigenvalue weighted by molar-refractivity contribution is 7.84. The van der Waals surface area contributed by atoms with Gasteiger partial charge in [-0.15, -0.1) is 10.2 Å². The van der Waals surface area contributed by atoms with Crippen LogP contribution in [0.2, 0.25) is 5.28 Å². The minimum atomic E-state index is -0.776. The lowest BCUT2D eigenvalue weighted by Crippen LogP contribution is -2.12. The maximum absolute atomic E-state index is 11.0. The summed E-state index contributed by atoms with van der Waals surface area (Å²) < 4.78 is 12.8. The third kappa shape index (κ3) is 3.08. The Morgan fingerprint density at radius 1 is 1.77 bits per heavy atom. The van der Waals surface area contributed by atoms with Crippen LogP contribution in [0.15, 0.2) is 6.33 Å². The fourth-order valence-electron chi connectivity index (χ4n) is 0.878. The predicted octanol–water partition coefficient (Wildman–Crippen LogP) is 1.09. The molecule has 0 saturated heterocycles. The Morgan fingerprint density at radius 2 is 2.46 bits per heavy atom. The van der Waals surface area contributed by atoms with Crippen molar-refractivity contribution in [3.8, 4) is 0 Å². The Balaban J connectivity index is 2.44. The lowest BCUT2D eigenvalue weighted by molar-refractivity contribution is 0.618. The molecular formula is C7H12ClN3OS. The quantitative estimate of drug-likeness (QED) is 0.765. The van der Waals surface area contributed by atoms with Gasteiger partial charge in [-0.25, -0.2) is 0 Å². The van der Waals surface area contributed by atoms with Crippen LogP contribution in [0.3, 0.4) is 0 Å². The number of rotatable bonds is 4. The molecule has 1 aromatic heterocycles. The molecule has 4 nitrogen and oxygen atoms in total. The van der Waals surface area contributed by atoms with Crippen molar-refractivity contribution in [3.63, 3.8) is 0 Å². The van der Waals surface area contributed by atoms with Crippen LogP contribution in [0, 0.1) is 0 Å². The Hall–Kier alpha value is -0.420. The van der Waals surface area contributed by atoms with Gasteiger partial charge in [-0.05, 0) is 18.0 Å². The first-order valence-electron chi connectivity index (χ1n) is 3.97. The maximum atomic E-state index is 11.0. The summed E-state index contributed by atoms with van der Waals surface area (Å²) in [5.41, 5.74) is 0. The second kappa shape index (κ2) is 4.72. The van der Waals surface area contributed by atoms with Crippen LogP contribution in [-0.4, -0.2) is 30.5 Å². The van der Waals surface area contributed by atoms with Crippen molar-refractivity contribution in [2.45, 2.75) is 25.1 Å². The Morgan fingerprint density at radius 3 is 2.92 bits per heavy atom. The zero-order valence-electron chi connectivity index (χ0n) is 7.61. The lowest BCUT2D eigenvalue weighted by atomic mass is 10.3. The van der Waals surface area contributed by atoms with Crippen molar-refractivity contribution >= 4 is 22.4 Å². The van der Waals surface area contributed by atoms with E-state index in [4.69, 9.17) is 11.6 Å². The molecule has 13 heavy (non-hydrogen) atoms. The molecule has 0 aliphatic carbocycles.